The summed E-state index contributed by atoms with van der Waals surface area (Å²) >= 11 is 1.64. The number of hydrogen-bond acceptors (Lipinski definition) is 4. The van der Waals surface area contributed by atoms with Gasteiger partial charge in [0.2, 0.25) is 5.91 Å². The van der Waals surface area contributed by atoms with Crippen LogP contribution in [0.2, 0.25) is 0 Å². The van der Waals surface area contributed by atoms with Crippen LogP contribution in [0, 0.1) is 18.3 Å². The average Bonchev–Trinajstić information content (AvgIpc) is 3.21. The molecule has 200 valence electrons. The molecule has 0 unspecified atom stereocenters. The molecular formula is C29H35F2NO3S2. The van der Waals surface area contributed by atoms with Crippen LogP contribution in [0.25, 0.3) is 0 Å². The molecule has 0 saturated heterocycles. The first-order valence-electron chi connectivity index (χ1n) is 13.2. The van der Waals surface area contributed by atoms with E-state index in [0.29, 0.717) is 51.5 Å². The summed E-state index contributed by atoms with van der Waals surface area (Å²) in [6.45, 7) is 2.28. The number of sulfone groups is 1. The molecule has 0 bridgehead atoms. The van der Waals surface area contributed by atoms with Gasteiger partial charge in [0.05, 0.1) is 16.1 Å². The average molecular weight is 548 g/mol. The number of aryl methyl sites for hydroxylation is 1. The van der Waals surface area contributed by atoms with Crippen LogP contribution in [-0.2, 0) is 21.2 Å². The lowest BCUT2D eigenvalue weighted by molar-refractivity contribution is -0.139. The van der Waals surface area contributed by atoms with Crippen molar-refractivity contribution < 1.29 is 22.0 Å². The van der Waals surface area contributed by atoms with Gasteiger partial charge in [-0.25, -0.2) is 17.2 Å². The van der Waals surface area contributed by atoms with Crippen molar-refractivity contribution in [2.24, 2.45) is 11.3 Å². The van der Waals surface area contributed by atoms with Crippen LogP contribution in [0.1, 0.15) is 62.5 Å². The molecule has 5 rings (SSSR count). The van der Waals surface area contributed by atoms with Crippen molar-refractivity contribution in [2.75, 3.05) is 6.26 Å². The number of benzene rings is 2. The summed E-state index contributed by atoms with van der Waals surface area (Å²) in [6, 6.07) is 14.7. The number of thioether (sulfide) groups is 1. The number of amides is 1. The first kappa shape index (κ1) is 26.7. The van der Waals surface area contributed by atoms with Gasteiger partial charge in [0.1, 0.15) is 0 Å². The molecule has 0 aliphatic heterocycles. The number of halogens is 2. The Morgan fingerprint density at radius 1 is 1.00 bits per heavy atom. The fourth-order valence-corrected chi connectivity index (χ4v) is 8.84. The zero-order valence-corrected chi connectivity index (χ0v) is 23.1. The standard InChI is InChI=1S/C29H35F2NO3S2/c1-20-6-12-24(13-7-20)37(34,35)26-5-3-4-25(26)27(33)32(18-21-8-10-23(36-2)11-9-21)22-14-16-28(17-15-22)19-29(28,30)31/h6-13,22,25-26H,3-5,14-19H2,1-2H3/t22?,25-,26-,28?/m1/s1. The maximum absolute atomic E-state index is 14.1. The van der Waals surface area contributed by atoms with Gasteiger partial charge < -0.3 is 4.90 Å². The van der Waals surface area contributed by atoms with E-state index in [0.717, 1.165) is 16.0 Å². The molecule has 2 aromatic carbocycles. The lowest BCUT2D eigenvalue weighted by atomic mass is 9.81. The van der Waals surface area contributed by atoms with Crippen LogP contribution >= 0.6 is 11.8 Å². The lowest BCUT2D eigenvalue weighted by Crippen LogP contribution is -2.47. The molecule has 1 amide bonds. The van der Waals surface area contributed by atoms with Crippen molar-refractivity contribution in [1.29, 1.82) is 0 Å². The second-order valence-corrected chi connectivity index (χ2v) is 14.2. The molecule has 4 nitrogen and oxygen atoms in total. The van der Waals surface area contributed by atoms with Crippen molar-refractivity contribution >= 4 is 27.5 Å². The quantitative estimate of drug-likeness (QED) is 0.364. The van der Waals surface area contributed by atoms with Crippen molar-refractivity contribution in [3.8, 4) is 0 Å². The molecule has 3 saturated carbocycles. The predicted octanol–water partition coefficient (Wildman–Crippen LogP) is 6.66. The molecule has 2 aromatic rings. The van der Waals surface area contributed by atoms with E-state index in [9.17, 15) is 22.0 Å². The highest BCUT2D eigenvalue weighted by molar-refractivity contribution is 7.98. The summed E-state index contributed by atoms with van der Waals surface area (Å²) in [6.07, 6.45) is 5.53. The molecule has 2 atom stereocenters. The first-order chi connectivity index (χ1) is 17.6. The Morgan fingerprint density at radius 2 is 1.62 bits per heavy atom. The molecule has 0 aromatic heterocycles. The van der Waals surface area contributed by atoms with Crippen molar-refractivity contribution in [1.82, 2.24) is 4.90 Å². The van der Waals surface area contributed by atoms with Gasteiger partial charge in [-0.2, -0.15) is 0 Å². The summed E-state index contributed by atoms with van der Waals surface area (Å²) in [4.78, 5) is 17.3. The molecule has 0 N–H and O–H groups in total. The zero-order chi connectivity index (χ0) is 26.4. The van der Waals surface area contributed by atoms with Gasteiger partial charge in [0.25, 0.3) is 5.92 Å². The SMILES string of the molecule is CSc1ccc(CN(C(=O)[C@@H]2CCC[C@H]2S(=O)(=O)c2ccc(C)cc2)C2CCC3(CC2)CC3(F)F)cc1. The molecule has 8 heteroatoms. The van der Waals surface area contributed by atoms with E-state index in [-0.39, 0.29) is 23.3 Å². The van der Waals surface area contributed by atoms with E-state index in [2.05, 4.69) is 0 Å². The third-order valence-corrected chi connectivity index (χ3v) is 11.9. The molecule has 3 aliphatic rings. The molecule has 1 spiro atoms. The van der Waals surface area contributed by atoms with Crippen LogP contribution in [0.3, 0.4) is 0 Å². The maximum Gasteiger partial charge on any atom is 0.254 e. The topological polar surface area (TPSA) is 54.5 Å². The van der Waals surface area contributed by atoms with Gasteiger partial charge in [0.15, 0.2) is 9.84 Å². The number of carbonyl (C=O) groups is 1. The van der Waals surface area contributed by atoms with Gasteiger partial charge in [-0.3, -0.25) is 4.79 Å². The molecule has 3 aliphatic carbocycles. The van der Waals surface area contributed by atoms with Crippen molar-refractivity contribution in [3.63, 3.8) is 0 Å². The smallest absolute Gasteiger partial charge is 0.254 e. The normalized spacial score (nSPS) is 28.8. The summed E-state index contributed by atoms with van der Waals surface area (Å²) < 4.78 is 55.3. The molecule has 3 fully saturated rings. The maximum atomic E-state index is 14.1. The summed E-state index contributed by atoms with van der Waals surface area (Å²) in [5.41, 5.74) is 1.06. The Bertz CT molecular complexity index is 1240. The van der Waals surface area contributed by atoms with Crippen LogP contribution in [0.5, 0.6) is 0 Å². The van der Waals surface area contributed by atoms with Crippen molar-refractivity contribution in [3.05, 3.63) is 59.7 Å². The van der Waals surface area contributed by atoms with Gasteiger partial charge in [-0.15, -0.1) is 11.8 Å². The van der Waals surface area contributed by atoms with E-state index in [1.165, 1.54) is 0 Å². The van der Waals surface area contributed by atoms with Gasteiger partial charge >= 0.3 is 0 Å². The molecular weight excluding hydrogens is 512 g/mol. The predicted molar refractivity (Wildman–Crippen MR) is 143 cm³/mol. The van der Waals surface area contributed by atoms with Crippen LogP contribution in [0.4, 0.5) is 8.78 Å². The minimum absolute atomic E-state index is 0.0453. The second-order valence-electron chi connectivity index (χ2n) is 11.1. The molecule has 37 heavy (non-hydrogen) atoms. The number of alkyl halides is 2. The fraction of sp³-hybridized carbons (Fsp3) is 0.552. The fourth-order valence-electron chi connectivity index (χ4n) is 6.40. The first-order valence-corrected chi connectivity index (χ1v) is 16.0. The molecule has 0 heterocycles. The minimum Gasteiger partial charge on any atom is -0.335 e. The minimum atomic E-state index is -3.67. The van der Waals surface area contributed by atoms with Crippen LogP contribution in [0.15, 0.2) is 58.3 Å². The number of rotatable bonds is 7. The summed E-state index contributed by atoms with van der Waals surface area (Å²) in [5, 5.41) is -0.758. The third kappa shape index (κ3) is 5.08. The van der Waals surface area contributed by atoms with E-state index in [1.807, 2.05) is 42.3 Å². The van der Waals surface area contributed by atoms with E-state index in [4.69, 9.17) is 0 Å². The van der Waals surface area contributed by atoms with Crippen LogP contribution < -0.4 is 0 Å². The monoisotopic (exact) mass is 547 g/mol. The Kier molecular flexibility index (Phi) is 7.20. The number of hydrogen-bond donors (Lipinski definition) is 0. The number of nitrogens with zero attached hydrogens (tertiary/aromatic N) is 1. The second kappa shape index (κ2) is 9.99. The molecule has 0 radical (unpaired) electrons. The third-order valence-electron chi connectivity index (χ3n) is 8.88. The van der Waals surface area contributed by atoms with E-state index < -0.39 is 32.3 Å². The highest BCUT2D eigenvalue weighted by atomic mass is 32.2. The Balaban J connectivity index is 1.40. The van der Waals surface area contributed by atoms with Crippen molar-refractivity contribution in [2.45, 2.75) is 91.8 Å². The Labute approximate surface area is 223 Å². The van der Waals surface area contributed by atoms with Crippen LogP contribution in [-0.4, -0.2) is 42.7 Å². The lowest BCUT2D eigenvalue weighted by Gasteiger charge is -2.39. The van der Waals surface area contributed by atoms with Gasteiger partial charge in [-0.05, 0) is 81.5 Å². The van der Waals surface area contributed by atoms with Gasteiger partial charge in [-0.1, -0.05) is 36.2 Å². The summed E-state index contributed by atoms with van der Waals surface area (Å²) in [7, 11) is -3.67. The number of carbonyl (C=O) groups excluding carboxylic acids is 1. The highest BCUT2D eigenvalue weighted by Crippen LogP contribution is 2.67. The van der Waals surface area contributed by atoms with E-state index >= 15 is 0 Å². The zero-order valence-electron chi connectivity index (χ0n) is 21.5. The largest absolute Gasteiger partial charge is 0.335 e. The summed E-state index contributed by atoms with van der Waals surface area (Å²) in [5.74, 6) is -3.34. The van der Waals surface area contributed by atoms with Gasteiger partial charge in [0, 0.05) is 29.3 Å². The highest BCUT2D eigenvalue weighted by Gasteiger charge is 2.70. The Morgan fingerprint density at radius 3 is 2.19 bits per heavy atom. The Hall–Kier alpha value is -1.93. The van der Waals surface area contributed by atoms with E-state index in [1.54, 1.807) is 36.0 Å².